The lowest BCUT2D eigenvalue weighted by Crippen LogP contribution is -2.21. The predicted molar refractivity (Wildman–Crippen MR) is 51.6 cm³/mol. The summed E-state index contributed by atoms with van der Waals surface area (Å²) in [4.78, 5) is 10.3. The SMILES string of the molecule is C1CCOC1.CC(=O)CC(C)(C)O. The number of ketones is 1. The van der Waals surface area contributed by atoms with Crippen LogP contribution in [0.3, 0.4) is 0 Å². The molecule has 1 saturated heterocycles. The summed E-state index contributed by atoms with van der Waals surface area (Å²) < 4.78 is 4.94. The van der Waals surface area contributed by atoms with E-state index in [2.05, 4.69) is 0 Å². The third kappa shape index (κ3) is 11.6. The van der Waals surface area contributed by atoms with Gasteiger partial charge in [-0.2, -0.15) is 0 Å². The van der Waals surface area contributed by atoms with Gasteiger partial charge in [0.15, 0.2) is 0 Å². The zero-order valence-corrected chi connectivity index (χ0v) is 8.80. The van der Waals surface area contributed by atoms with Crippen molar-refractivity contribution >= 4 is 5.78 Å². The first kappa shape index (κ1) is 12.6. The summed E-state index contributed by atoms with van der Waals surface area (Å²) in [6.45, 7) is 6.71. The predicted octanol–water partition coefficient (Wildman–Crippen LogP) is 1.53. The average molecular weight is 188 g/mol. The highest BCUT2D eigenvalue weighted by Gasteiger charge is 2.13. The Bertz CT molecular complexity index is 135. The van der Waals surface area contributed by atoms with E-state index in [0.717, 1.165) is 13.2 Å². The molecular formula is C10H20O3. The van der Waals surface area contributed by atoms with E-state index < -0.39 is 5.60 Å². The Kier molecular flexibility index (Phi) is 5.91. The van der Waals surface area contributed by atoms with Gasteiger partial charge in [0, 0.05) is 19.6 Å². The zero-order chi connectivity index (χ0) is 10.3. The normalized spacial score (nSPS) is 16.3. The van der Waals surface area contributed by atoms with Crippen molar-refractivity contribution in [3.63, 3.8) is 0 Å². The molecule has 78 valence electrons. The van der Waals surface area contributed by atoms with Gasteiger partial charge in [-0.1, -0.05) is 0 Å². The molecular weight excluding hydrogens is 168 g/mol. The van der Waals surface area contributed by atoms with Gasteiger partial charge in [0.1, 0.15) is 5.78 Å². The summed E-state index contributed by atoms with van der Waals surface area (Å²) in [6, 6.07) is 0. The van der Waals surface area contributed by atoms with Crippen molar-refractivity contribution in [1.29, 1.82) is 0 Å². The molecule has 0 unspecified atom stereocenters. The second-order valence-corrected chi connectivity index (χ2v) is 4.01. The van der Waals surface area contributed by atoms with E-state index in [1.807, 2.05) is 0 Å². The number of hydrogen-bond acceptors (Lipinski definition) is 3. The topological polar surface area (TPSA) is 46.5 Å². The molecule has 1 heterocycles. The van der Waals surface area contributed by atoms with E-state index in [1.165, 1.54) is 19.8 Å². The van der Waals surface area contributed by atoms with Gasteiger partial charge in [-0.25, -0.2) is 0 Å². The van der Waals surface area contributed by atoms with Crippen molar-refractivity contribution in [2.75, 3.05) is 13.2 Å². The van der Waals surface area contributed by atoms with E-state index in [4.69, 9.17) is 9.84 Å². The Hall–Kier alpha value is -0.410. The van der Waals surface area contributed by atoms with Crippen molar-refractivity contribution < 1.29 is 14.6 Å². The Balaban J connectivity index is 0.000000243. The highest BCUT2D eigenvalue weighted by molar-refractivity contribution is 5.76. The van der Waals surface area contributed by atoms with Crippen LogP contribution in [-0.2, 0) is 9.53 Å². The first-order valence-electron chi connectivity index (χ1n) is 4.71. The smallest absolute Gasteiger partial charge is 0.132 e. The molecule has 3 nitrogen and oxygen atoms in total. The van der Waals surface area contributed by atoms with E-state index in [1.54, 1.807) is 13.8 Å². The summed E-state index contributed by atoms with van der Waals surface area (Å²) >= 11 is 0. The van der Waals surface area contributed by atoms with Gasteiger partial charge in [-0.3, -0.25) is 4.79 Å². The zero-order valence-electron chi connectivity index (χ0n) is 8.80. The molecule has 0 atom stereocenters. The molecule has 0 saturated carbocycles. The van der Waals surface area contributed by atoms with Gasteiger partial charge < -0.3 is 9.84 Å². The molecule has 0 spiro atoms. The number of Topliss-reactive ketones (excluding diaryl/α,β-unsaturated/α-hetero) is 1. The van der Waals surface area contributed by atoms with Crippen molar-refractivity contribution in [3.8, 4) is 0 Å². The molecule has 0 bridgehead atoms. The Labute approximate surface area is 80.1 Å². The second-order valence-electron chi connectivity index (χ2n) is 4.01. The van der Waals surface area contributed by atoms with Crippen LogP contribution in [0.1, 0.15) is 40.0 Å². The monoisotopic (exact) mass is 188 g/mol. The van der Waals surface area contributed by atoms with E-state index in [0.29, 0.717) is 0 Å². The van der Waals surface area contributed by atoms with Crippen LogP contribution in [0.25, 0.3) is 0 Å². The molecule has 1 aliphatic rings. The van der Waals surface area contributed by atoms with Crippen molar-refractivity contribution in [2.45, 2.75) is 45.6 Å². The fourth-order valence-corrected chi connectivity index (χ4v) is 1.12. The van der Waals surface area contributed by atoms with Crippen LogP contribution in [0.4, 0.5) is 0 Å². The lowest BCUT2D eigenvalue weighted by molar-refractivity contribution is -0.120. The molecule has 1 N–H and O–H groups in total. The summed E-state index contributed by atoms with van der Waals surface area (Å²) in [5.41, 5.74) is -0.828. The highest BCUT2D eigenvalue weighted by Crippen LogP contribution is 2.06. The molecule has 0 aromatic rings. The number of hydrogen-bond donors (Lipinski definition) is 1. The molecule has 0 aliphatic carbocycles. The fourth-order valence-electron chi connectivity index (χ4n) is 1.12. The molecule has 1 aliphatic heterocycles. The van der Waals surface area contributed by atoms with Gasteiger partial charge in [0.25, 0.3) is 0 Å². The van der Waals surface area contributed by atoms with Crippen molar-refractivity contribution in [2.24, 2.45) is 0 Å². The molecule has 1 fully saturated rings. The van der Waals surface area contributed by atoms with Crippen LogP contribution >= 0.6 is 0 Å². The standard InChI is InChI=1S/C6H12O2.C4H8O/c1-5(7)4-6(2,3)8;1-2-4-5-3-1/h8H,4H2,1-3H3;1-4H2. The van der Waals surface area contributed by atoms with Crippen LogP contribution in [0.5, 0.6) is 0 Å². The molecule has 0 amide bonds. The molecule has 1 rings (SSSR count). The van der Waals surface area contributed by atoms with E-state index in [-0.39, 0.29) is 12.2 Å². The summed E-state index contributed by atoms with van der Waals surface area (Å²) in [7, 11) is 0. The van der Waals surface area contributed by atoms with Crippen molar-refractivity contribution in [3.05, 3.63) is 0 Å². The van der Waals surface area contributed by atoms with Crippen LogP contribution in [-0.4, -0.2) is 29.7 Å². The van der Waals surface area contributed by atoms with Gasteiger partial charge in [-0.15, -0.1) is 0 Å². The first-order valence-corrected chi connectivity index (χ1v) is 4.71. The number of rotatable bonds is 2. The van der Waals surface area contributed by atoms with Gasteiger partial charge >= 0.3 is 0 Å². The molecule has 0 radical (unpaired) electrons. The Morgan fingerprint density at radius 1 is 1.38 bits per heavy atom. The Morgan fingerprint density at radius 2 is 1.85 bits per heavy atom. The lowest BCUT2D eigenvalue weighted by Gasteiger charge is -2.13. The fraction of sp³-hybridized carbons (Fsp3) is 0.900. The van der Waals surface area contributed by atoms with E-state index in [9.17, 15) is 4.79 Å². The second kappa shape index (κ2) is 6.11. The summed E-state index contributed by atoms with van der Waals surface area (Å²) in [5, 5.41) is 8.97. The number of ether oxygens (including phenoxy) is 1. The van der Waals surface area contributed by atoms with Crippen molar-refractivity contribution in [1.82, 2.24) is 0 Å². The maximum atomic E-state index is 10.3. The van der Waals surface area contributed by atoms with Gasteiger partial charge in [-0.05, 0) is 33.6 Å². The van der Waals surface area contributed by atoms with E-state index >= 15 is 0 Å². The molecule has 3 heteroatoms. The number of carbonyl (C=O) groups is 1. The maximum Gasteiger partial charge on any atom is 0.132 e. The summed E-state index contributed by atoms with van der Waals surface area (Å²) in [5.74, 6) is 0.0255. The minimum absolute atomic E-state index is 0.0255. The van der Waals surface area contributed by atoms with Crippen LogP contribution in [0.15, 0.2) is 0 Å². The number of aliphatic hydroxyl groups is 1. The molecule has 0 aromatic heterocycles. The average Bonchev–Trinajstić information content (AvgIpc) is 2.33. The van der Waals surface area contributed by atoms with Gasteiger partial charge in [0.2, 0.25) is 0 Å². The first-order chi connectivity index (χ1) is 5.92. The number of carbonyl (C=O) groups excluding carboxylic acids is 1. The summed E-state index contributed by atoms with van der Waals surface area (Å²) in [6.07, 6.45) is 2.80. The third-order valence-corrected chi connectivity index (χ3v) is 1.51. The highest BCUT2D eigenvalue weighted by atomic mass is 16.5. The maximum absolute atomic E-state index is 10.3. The lowest BCUT2D eigenvalue weighted by atomic mass is 10.0. The van der Waals surface area contributed by atoms with Crippen LogP contribution in [0, 0.1) is 0 Å². The Morgan fingerprint density at radius 3 is 1.92 bits per heavy atom. The van der Waals surface area contributed by atoms with Crippen LogP contribution in [0.2, 0.25) is 0 Å². The molecule has 13 heavy (non-hydrogen) atoms. The molecule has 0 aromatic carbocycles. The minimum Gasteiger partial charge on any atom is -0.390 e. The quantitative estimate of drug-likeness (QED) is 0.715. The van der Waals surface area contributed by atoms with Crippen LogP contribution < -0.4 is 0 Å². The largest absolute Gasteiger partial charge is 0.390 e. The third-order valence-electron chi connectivity index (χ3n) is 1.51. The minimum atomic E-state index is -0.828. The van der Waals surface area contributed by atoms with Gasteiger partial charge in [0.05, 0.1) is 5.60 Å².